The summed E-state index contributed by atoms with van der Waals surface area (Å²) in [6, 6.07) is 31.0. The van der Waals surface area contributed by atoms with E-state index in [4.69, 9.17) is 0 Å². The Bertz CT molecular complexity index is 1930. The molecule has 0 radical (unpaired) electrons. The minimum atomic E-state index is -4.48. The van der Waals surface area contributed by atoms with E-state index in [0.717, 1.165) is 40.1 Å². The zero-order valence-corrected chi connectivity index (χ0v) is 26.5. The summed E-state index contributed by atoms with van der Waals surface area (Å²) >= 11 is 0. The van der Waals surface area contributed by atoms with E-state index in [2.05, 4.69) is 4.98 Å². The van der Waals surface area contributed by atoms with Gasteiger partial charge in [-0.1, -0.05) is 84.9 Å². The molecule has 5 nitrogen and oxygen atoms in total. The summed E-state index contributed by atoms with van der Waals surface area (Å²) in [6.07, 6.45) is 0.536. The predicted molar refractivity (Wildman–Crippen MR) is 180 cm³/mol. The number of amides is 2. The highest BCUT2D eigenvalue weighted by Gasteiger charge is 2.35. The number of alkyl halides is 3. The Balaban J connectivity index is 1.34. The van der Waals surface area contributed by atoms with Gasteiger partial charge in [-0.15, -0.1) is 0 Å². The largest absolute Gasteiger partial charge is 0.416 e. The number of halogens is 4. The van der Waals surface area contributed by atoms with Crippen LogP contribution in [0.2, 0.25) is 0 Å². The zero-order valence-electron chi connectivity index (χ0n) is 26.5. The van der Waals surface area contributed by atoms with Crippen LogP contribution in [0.15, 0.2) is 128 Å². The number of fused-ring (bicyclic) bond motifs is 1. The number of aromatic nitrogens is 1. The molecule has 49 heavy (non-hydrogen) atoms. The van der Waals surface area contributed by atoms with Crippen LogP contribution in [0.3, 0.4) is 0 Å². The van der Waals surface area contributed by atoms with Gasteiger partial charge in [0.1, 0.15) is 11.9 Å². The maximum absolute atomic E-state index is 14.5. The van der Waals surface area contributed by atoms with Crippen molar-refractivity contribution in [2.75, 3.05) is 6.54 Å². The van der Waals surface area contributed by atoms with Crippen LogP contribution >= 0.6 is 0 Å². The van der Waals surface area contributed by atoms with Crippen LogP contribution in [-0.2, 0) is 41.7 Å². The highest BCUT2D eigenvalue weighted by Crippen LogP contribution is 2.30. The Morgan fingerprint density at radius 3 is 2.27 bits per heavy atom. The Morgan fingerprint density at radius 2 is 1.57 bits per heavy atom. The van der Waals surface area contributed by atoms with Crippen LogP contribution in [0, 0.1) is 5.82 Å². The van der Waals surface area contributed by atoms with Gasteiger partial charge in [0.05, 0.1) is 11.3 Å². The number of rotatable bonds is 9. The smallest absolute Gasteiger partial charge is 0.336 e. The number of hydrogen-bond acceptors (Lipinski definition) is 3. The SMILES string of the molecule is O=C([C@H](Cc1ccccc1)N(Cc1ccc(-c2ccccn2)cc1)C(=O)/C=C/c1ccc(C(F)(F)F)cc1)N1CCc2c(F)cccc2C1. The molecule has 0 bridgehead atoms. The summed E-state index contributed by atoms with van der Waals surface area (Å²) in [6.45, 7) is 0.584. The molecule has 2 amide bonds. The van der Waals surface area contributed by atoms with E-state index in [1.165, 1.54) is 35.3 Å². The van der Waals surface area contributed by atoms with Gasteiger partial charge in [-0.2, -0.15) is 13.2 Å². The average molecular weight is 664 g/mol. The lowest BCUT2D eigenvalue weighted by atomic mass is 9.96. The van der Waals surface area contributed by atoms with Gasteiger partial charge in [0.15, 0.2) is 0 Å². The molecule has 6 rings (SSSR count). The van der Waals surface area contributed by atoms with Crippen molar-refractivity contribution in [3.63, 3.8) is 0 Å². The topological polar surface area (TPSA) is 53.5 Å². The van der Waals surface area contributed by atoms with E-state index in [9.17, 15) is 27.2 Å². The summed E-state index contributed by atoms with van der Waals surface area (Å²) in [5.74, 6) is -1.06. The first-order valence-electron chi connectivity index (χ1n) is 15.9. The molecule has 5 aromatic rings. The molecule has 0 saturated heterocycles. The van der Waals surface area contributed by atoms with Crippen molar-refractivity contribution in [3.05, 3.63) is 167 Å². The second-order valence-electron chi connectivity index (χ2n) is 11.9. The Hall–Kier alpha value is -5.57. The first-order chi connectivity index (χ1) is 23.7. The minimum Gasteiger partial charge on any atom is -0.336 e. The van der Waals surface area contributed by atoms with Crippen LogP contribution in [-0.4, -0.2) is 39.2 Å². The van der Waals surface area contributed by atoms with E-state index in [-0.39, 0.29) is 31.2 Å². The van der Waals surface area contributed by atoms with Crippen molar-refractivity contribution in [3.8, 4) is 11.3 Å². The minimum absolute atomic E-state index is 0.0843. The fourth-order valence-electron chi connectivity index (χ4n) is 6.03. The standard InChI is InChI=1S/C40H33F4N3O2/c41-35-10-6-9-32-27-46(24-22-34(32)35)39(49)37(25-29-7-2-1-3-8-29)47(26-30-12-17-31(18-13-30)36-11-4-5-23-45-36)38(48)21-16-28-14-19-33(20-15-28)40(42,43)44/h1-21,23,37H,22,24-27H2/b21-16+/t37-/m0/s1. The lowest BCUT2D eigenvalue weighted by Crippen LogP contribution is -2.52. The zero-order chi connectivity index (χ0) is 34.4. The lowest BCUT2D eigenvalue weighted by Gasteiger charge is -2.37. The van der Waals surface area contributed by atoms with Crippen LogP contribution < -0.4 is 0 Å². The van der Waals surface area contributed by atoms with Crippen LogP contribution in [0.1, 0.15) is 33.4 Å². The third-order valence-corrected chi connectivity index (χ3v) is 8.66. The third kappa shape index (κ3) is 8.12. The van der Waals surface area contributed by atoms with E-state index < -0.39 is 23.7 Å². The molecular formula is C40H33F4N3O2. The fourth-order valence-corrected chi connectivity index (χ4v) is 6.03. The number of nitrogens with zero attached hydrogens (tertiary/aromatic N) is 3. The first kappa shape index (κ1) is 33.3. The third-order valence-electron chi connectivity index (χ3n) is 8.66. The van der Waals surface area contributed by atoms with Crippen molar-refractivity contribution < 1.29 is 27.2 Å². The molecule has 0 spiro atoms. The Morgan fingerprint density at radius 1 is 0.837 bits per heavy atom. The molecule has 1 aromatic heterocycles. The summed E-state index contributed by atoms with van der Waals surface area (Å²) in [5.41, 5.74) is 4.23. The molecule has 0 N–H and O–H groups in total. The normalized spacial score (nSPS) is 13.6. The molecule has 0 saturated carbocycles. The van der Waals surface area contributed by atoms with Crippen molar-refractivity contribution >= 4 is 17.9 Å². The Labute approximate surface area is 282 Å². The van der Waals surface area contributed by atoms with Crippen molar-refractivity contribution in [1.29, 1.82) is 0 Å². The van der Waals surface area contributed by atoms with Gasteiger partial charge in [0.25, 0.3) is 0 Å². The maximum atomic E-state index is 14.5. The highest BCUT2D eigenvalue weighted by molar-refractivity contribution is 5.96. The second-order valence-corrected chi connectivity index (χ2v) is 11.9. The van der Waals surface area contributed by atoms with Gasteiger partial charge in [-0.25, -0.2) is 4.39 Å². The highest BCUT2D eigenvalue weighted by atomic mass is 19.4. The van der Waals surface area contributed by atoms with E-state index in [1.54, 1.807) is 17.2 Å². The number of carbonyl (C=O) groups excluding carboxylic acids is 2. The number of pyridine rings is 1. The van der Waals surface area contributed by atoms with Gasteiger partial charge >= 0.3 is 6.18 Å². The molecule has 0 aliphatic carbocycles. The summed E-state index contributed by atoms with van der Waals surface area (Å²) in [7, 11) is 0. The molecular weight excluding hydrogens is 630 g/mol. The second kappa shape index (κ2) is 14.7. The molecule has 248 valence electrons. The maximum Gasteiger partial charge on any atom is 0.416 e. The fraction of sp³-hybridized carbons (Fsp3) is 0.175. The molecule has 1 aliphatic heterocycles. The average Bonchev–Trinajstić information content (AvgIpc) is 3.12. The van der Waals surface area contributed by atoms with Gasteiger partial charge in [0, 0.05) is 43.9 Å². The number of hydrogen-bond donors (Lipinski definition) is 0. The van der Waals surface area contributed by atoms with Gasteiger partial charge in [-0.05, 0) is 70.6 Å². The number of benzene rings is 4. The molecule has 1 atom stereocenters. The van der Waals surface area contributed by atoms with Crippen LogP contribution in [0.4, 0.5) is 17.6 Å². The Kier molecular flexibility index (Phi) is 9.99. The van der Waals surface area contributed by atoms with Crippen LogP contribution in [0.5, 0.6) is 0 Å². The monoisotopic (exact) mass is 663 g/mol. The van der Waals surface area contributed by atoms with Gasteiger partial charge in [-0.3, -0.25) is 14.6 Å². The summed E-state index contributed by atoms with van der Waals surface area (Å²) < 4.78 is 53.9. The molecule has 0 fully saturated rings. The lowest BCUT2D eigenvalue weighted by molar-refractivity contribution is -0.144. The predicted octanol–water partition coefficient (Wildman–Crippen LogP) is 8.14. The number of carbonyl (C=O) groups is 2. The van der Waals surface area contributed by atoms with Crippen LogP contribution in [0.25, 0.3) is 17.3 Å². The molecule has 9 heteroatoms. The van der Waals surface area contributed by atoms with E-state index >= 15 is 0 Å². The van der Waals surface area contributed by atoms with Gasteiger partial charge in [0.2, 0.25) is 11.8 Å². The van der Waals surface area contributed by atoms with Crippen molar-refractivity contribution in [2.24, 2.45) is 0 Å². The molecule has 1 aliphatic rings. The van der Waals surface area contributed by atoms with Crippen molar-refractivity contribution in [1.82, 2.24) is 14.8 Å². The first-order valence-corrected chi connectivity index (χ1v) is 15.9. The van der Waals surface area contributed by atoms with E-state index in [1.807, 2.05) is 78.9 Å². The molecule has 4 aromatic carbocycles. The van der Waals surface area contributed by atoms with Crippen molar-refractivity contribution in [2.45, 2.75) is 38.1 Å². The summed E-state index contributed by atoms with van der Waals surface area (Å²) in [5, 5.41) is 0. The van der Waals surface area contributed by atoms with Gasteiger partial charge < -0.3 is 9.80 Å². The van der Waals surface area contributed by atoms with E-state index in [0.29, 0.717) is 24.1 Å². The molecule has 0 unspecified atom stereocenters. The quantitative estimate of drug-likeness (QED) is 0.118. The molecule has 2 heterocycles. The summed E-state index contributed by atoms with van der Waals surface area (Å²) in [4.78, 5) is 36.2.